The van der Waals surface area contributed by atoms with Gasteiger partial charge in [0.2, 0.25) is 11.7 Å². The van der Waals surface area contributed by atoms with Crippen molar-refractivity contribution in [2.75, 3.05) is 7.05 Å². The minimum absolute atomic E-state index is 0.0335. The van der Waals surface area contributed by atoms with Crippen LogP contribution >= 0.6 is 11.3 Å². The number of nitrogens with zero attached hydrogens (tertiary/aromatic N) is 6. The van der Waals surface area contributed by atoms with Crippen LogP contribution in [0.2, 0.25) is 0 Å². The van der Waals surface area contributed by atoms with Crippen LogP contribution in [0.3, 0.4) is 0 Å². The number of aryl methyl sites for hydroxylation is 1. The van der Waals surface area contributed by atoms with Gasteiger partial charge in [-0.2, -0.15) is 4.80 Å². The van der Waals surface area contributed by atoms with Gasteiger partial charge in [0.15, 0.2) is 0 Å². The maximum atomic E-state index is 12.7. The van der Waals surface area contributed by atoms with Crippen molar-refractivity contribution in [1.82, 2.24) is 30.1 Å². The third-order valence-electron chi connectivity index (χ3n) is 4.99. The molecule has 0 radical (unpaired) electrons. The first kappa shape index (κ1) is 19.2. The van der Waals surface area contributed by atoms with E-state index in [2.05, 4.69) is 39.5 Å². The van der Waals surface area contributed by atoms with Crippen LogP contribution in [0.5, 0.6) is 0 Å². The normalized spacial score (nSPS) is 12.2. The molecule has 0 aliphatic carbocycles. The smallest absolute Gasteiger partial charge is 0.246 e. The van der Waals surface area contributed by atoms with Gasteiger partial charge in [-0.05, 0) is 36.3 Å². The van der Waals surface area contributed by atoms with Crippen LogP contribution in [0.15, 0.2) is 48.5 Å². The molecule has 0 spiro atoms. The van der Waals surface area contributed by atoms with Crippen LogP contribution in [-0.2, 0) is 17.8 Å². The molecule has 0 aliphatic rings. The Kier molecular flexibility index (Phi) is 5.35. The Morgan fingerprint density at radius 2 is 1.93 bits per heavy atom. The van der Waals surface area contributed by atoms with E-state index < -0.39 is 0 Å². The van der Waals surface area contributed by atoms with Crippen molar-refractivity contribution in [1.29, 1.82) is 0 Å². The van der Waals surface area contributed by atoms with Gasteiger partial charge in [-0.15, -0.1) is 21.5 Å². The minimum atomic E-state index is -0.135. The molecule has 0 saturated heterocycles. The fourth-order valence-electron chi connectivity index (χ4n) is 3.00. The average molecular weight is 407 g/mol. The van der Waals surface area contributed by atoms with E-state index in [1.807, 2.05) is 43.3 Å². The summed E-state index contributed by atoms with van der Waals surface area (Å²) in [7, 11) is 1.78. The Hall–Kier alpha value is -3.13. The molecule has 0 aliphatic heterocycles. The number of tetrazole rings is 1. The van der Waals surface area contributed by atoms with E-state index in [0.717, 1.165) is 27.2 Å². The number of carbonyl (C=O) groups is 1. The summed E-state index contributed by atoms with van der Waals surface area (Å²) in [6, 6.07) is 15.9. The lowest BCUT2D eigenvalue weighted by atomic mass is 10.1. The molecule has 0 N–H and O–H groups in total. The van der Waals surface area contributed by atoms with Gasteiger partial charge < -0.3 is 4.90 Å². The van der Waals surface area contributed by atoms with Crippen molar-refractivity contribution < 1.29 is 4.79 Å². The Labute approximate surface area is 173 Å². The lowest BCUT2D eigenvalue weighted by molar-refractivity contribution is -0.132. The summed E-state index contributed by atoms with van der Waals surface area (Å²) in [4.78, 5) is 20.4. The van der Waals surface area contributed by atoms with Crippen molar-refractivity contribution in [2.24, 2.45) is 0 Å². The Morgan fingerprint density at radius 3 is 2.66 bits per heavy atom. The predicted molar refractivity (Wildman–Crippen MR) is 113 cm³/mol. The van der Waals surface area contributed by atoms with E-state index in [9.17, 15) is 4.79 Å². The third-order valence-corrected chi connectivity index (χ3v) is 6.20. The number of hydrogen-bond acceptors (Lipinski definition) is 6. The molecule has 0 fully saturated rings. The topological polar surface area (TPSA) is 76.8 Å². The summed E-state index contributed by atoms with van der Waals surface area (Å²) in [5.74, 6) is 0.421. The number of thiazole rings is 1. The van der Waals surface area contributed by atoms with E-state index in [4.69, 9.17) is 0 Å². The lowest BCUT2D eigenvalue weighted by Crippen LogP contribution is -2.33. The zero-order valence-electron chi connectivity index (χ0n) is 16.6. The van der Waals surface area contributed by atoms with Crippen molar-refractivity contribution in [2.45, 2.75) is 32.9 Å². The Balaban J connectivity index is 1.45. The molecular formula is C21H22N6OS. The van der Waals surface area contributed by atoms with Crippen LogP contribution in [0.25, 0.3) is 21.6 Å². The molecule has 2 heterocycles. The SMILES string of the molecule is CCc1ccc(-c2nnn(CC(=O)N(C)[C@@H](C)c3nc4ccccc4s3)n2)cc1. The van der Waals surface area contributed by atoms with E-state index in [0.29, 0.717) is 5.82 Å². The zero-order valence-corrected chi connectivity index (χ0v) is 17.4. The highest BCUT2D eigenvalue weighted by Gasteiger charge is 2.22. The summed E-state index contributed by atoms with van der Waals surface area (Å²) in [6.07, 6.45) is 0.980. The third kappa shape index (κ3) is 4.02. The van der Waals surface area contributed by atoms with Gasteiger partial charge in [0.25, 0.3) is 0 Å². The molecule has 2 aromatic carbocycles. The van der Waals surface area contributed by atoms with Gasteiger partial charge in [0.1, 0.15) is 11.6 Å². The molecule has 1 atom stereocenters. The van der Waals surface area contributed by atoms with Crippen LogP contribution in [-0.4, -0.2) is 43.0 Å². The van der Waals surface area contributed by atoms with Crippen LogP contribution in [0.4, 0.5) is 0 Å². The summed E-state index contributed by atoms with van der Waals surface area (Å²) in [5.41, 5.74) is 3.09. The van der Waals surface area contributed by atoms with Gasteiger partial charge in [-0.3, -0.25) is 4.79 Å². The highest BCUT2D eigenvalue weighted by Crippen LogP contribution is 2.28. The zero-order chi connectivity index (χ0) is 20.4. The van der Waals surface area contributed by atoms with Crippen LogP contribution in [0, 0.1) is 0 Å². The van der Waals surface area contributed by atoms with E-state index in [1.165, 1.54) is 10.4 Å². The fourth-order valence-corrected chi connectivity index (χ4v) is 4.06. The van der Waals surface area contributed by atoms with E-state index in [1.54, 1.807) is 23.3 Å². The lowest BCUT2D eigenvalue weighted by Gasteiger charge is -2.22. The molecule has 7 nitrogen and oxygen atoms in total. The Bertz CT molecular complexity index is 1100. The van der Waals surface area contributed by atoms with Crippen molar-refractivity contribution >= 4 is 27.5 Å². The van der Waals surface area contributed by atoms with Crippen molar-refractivity contribution in [3.8, 4) is 11.4 Å². The number of carbonyl (C=O) groups excluding carboxylic acids is 1. The van der Waals surface area contributed by atoms with Gasteiger partial charge in [0.05, 0.1) is 16.3 Å². The number of rotatable bonds is 6. The van der Waals surface area contributed by atoms with E-state index >= 15 is 0 Å². The molecule has 4 aromatic rings. The number of hydrogen-bond donors (Lipinski definition) is 0. The number of para-hydroxylation sites is 1. The highest BCUT2D eigenvalue weighted by atomic mass is 32.1. The first-order chi connectivity index (χ1) is 14.0. The van der Waals surface area contributed by atoms with Gasteiger partial charge in [-0.25, -0.2) is 4.98 Å². The standard InChI is InChI=1S/C21H22N6OS/c1-4-15-9-11-16(12-10-15)20-23-25-27(24-20)13-19(28)26(3)14(2)21-22-17-7-5-6-8-18(17)29-21/h5-12,14H,4,13H2,1-3H3/t14-/m0/s1. The largest absolute Gasteiger partial charge is 0.335 e. The first-order valence-electron chi connectivity index (χ1n) is 9.53. The summed E-state index contributed by atoms with van der Waals surface area (Å²) < 4.78 is 1.12. The van der Waals surface area contributed by atoms with Crippen molar-refractivity contribution in [3.63, 3.8) is 0 Å². The summed E-state index contributed by atoms with van der Waals surface area (Å²) >= 11 is 1.61. The number of benzene rings is 2. The second kappa shape index (κ2) is 8.08. The predicted octanol–water partition coefficient (Wildman–Crippen LogP) is 3.73. The number of amides is 1. The number of likely N-dealkylation sites (N-methyl/N-ethyl adjacent to an activating group) is 1. The second-order valence-electron chi connectivity index (χ2n) is 6.89. The van der Waals surface area contributed by atoms with Crippen LogP contribution in [0.1, 0.15) is 30.5 Å². The van der Waals surface area contributed by atoms with Crippen LogP contribution < -0.4 is 0 Å². The monoisotopic (exact) mass is 406 g/mol. The molecule has 1 amide bonds. The number of fused-ring (bicyclic) bond motifs is 1. The van der Waals surface area contributed by atoms with Gasteiger partial charge >= 0.3 is 0 Å². The van der Waals surface area contributed by atoms with E-state index in [-0.39, 0.29) is 18.5 Å². The van der Waals surface area contributed by atoms with Gasteiger partial charge in [0, 0.05) is 12.6 Å². The molecule has 0 saturated carbocycles. The first-order valence-corrected chi connectivity index (χ1v) is 10.3. The molecule has 0 unspecified atom stereocenters. The van der Waals surface area contributed by atoms with Gasteiger partial charge in [-0.1, -0.05) is 43.3 Å². The molecular weight excluding hydrogens is 384 g/mol. The summed E-state index contributed by atoms with van der Waals surface area (Å²) in [6.45, 7) is 4.12. The summed E-state index contributed by atoms with van der Waals surface area (Å²) in [5, 5.41) is 13.4. The molecule has 148 valence electrons. The molecule has 0 bridgehead atoms. The quantitative estimate of drug-likeness (QED) is 0.488. The molecule has 8 heteroatoms. The maximum Gasteiger partial charge on any atom is 0.246 e. The second-order valence-corrected chi connectivity index (χ2v) is 7.96. The highest BCUT2D eigenvalue weighted by molar-refractivity contribution is 7.18. The average Bonchev–Trinajstić information content (AvgIpc) is 3.39. The number of aromatic nitrogens is 5. The molecule has 4 rings (SSSR count). The fraction of sp³-hybridized carbons (Fsp3) is 0.286. The maximum absolute atomic E-state index is 12.7. The molecule has 29 heavy (non-hydrogen) atoms. The Morgan fingerprint density at radius 1 is 1.17 bits per heavy atom. The van der Waals surface area contributed by atoms with Crippen molar-refractivity contribution in [3.05, 3.63) is 59.1 Å². The minimum Gasteiger partial charge on any atom is -0.335 e. The molecule has 2 aromatic heterocycles.